The Labute approximate surface area is 136 Å². The summed E-state index contributed by atoms with van der Waals surface area (Å²) in [5, 5.41) is 3.12. The largest absolute Gasteiger partial charge is 0.370 e. The Balaban J connectivity index is 2.22. The van der Waals surface area contributed by atoms with Gasteiger partial charge in [-0.2, -0.15) is 0 Å². The molecule has 1 N–H and O–H groups in total. The van der Waals surface area contributed by atoms with Crippen LogP contribution < -0.4 is 5.32 Å². The standard InChI is InChI=1S/C14H17BrN4OS/c1-4-16-13-11(5-10(15)6-17-13)14(20)19(3)7-12-9(2)18-8-21-12/h5-6,8H,4,7H2,1-3H3,(H,16,17). The van der Waals surface area contributed by atoms with Gasteiger partial charge in [0.1, 0.15) is 5.82 Å². The van der Waals surface area contributed by atoms with Gasteiger partial charge in [-0.1, -0.05) is 0 Å². The van der Waals surface area contributed by atoms with Crippen molar-refractivity contribution in [1.29, 1.82) is 0 Å². The van der Waals surface area contributed by atoms with E-state index in [0.29, 0.717) is 24.5 Å². The van der Waals surface area contributed by atoms with E-state index in [1.165, 1.54) is 0 Å². The molecule has 0 aliphatic heterocycles. The molecule has 7 heteroatoms. The van der Waals surface area contributed by atoms with Crippen molar-refractivity contribution in [2.45, 2.75) is 20.4 Å². The summed E-state index contributed by atoms with van der Waals surface area (Å²) in [7, 11) is 1.79. The van der Waals surface area contributed by atoms with Crippen LogP contribution in [0, 0.1) is 6.92 Å². The number of amides is 1. The number of carbonyl (C=O) groups excluding carboxylic acids is 1. The summed E-state index contributed by atoms with van der Waals surface area (Å²) >= 11 is 4.93. The fourth-order valence-corrected chi connectivity index (χ4v) is 3.04. The molecule has 2 aromatic heterocycles. The number of anilines is 1. The minimum absolute atomic E-state index is 0.0625. The lowest BCUT2D eigenvalue weighted by atomic mass is 10.2. The molecule has 112 valence electrons. The predicted octanol–water partition coefficient (Wildman–Crippen LogP) is 3.31. The fraction of sp³-hybridized carbons (Fsp3) is 0.357. The molecule has 0 aliphatic rings. The van der Waals surface area contributed by atoms with E-state index in [4.69, 9.17) is 0 Å². The number of pyridine rings is 1. The highest BCUT2D eigenvalue weighted by Crippen LogP contribution is 2.21. The number of hydrogen-bond donors (Lipinski definition) is 1. The number of halogens is 1. The molecule has 1 amide bonds. The maximum atomic E-state index is 12.6. The number of hydrogen-bond acceptors (Lipinski definition) is 5. The van der Waals surface area contributed by atoms with Gasteiger partial charge in [0.05, 0.1) is 23.3 Å². The second-order valence-electron chi connectivity index (χ2n) is 4.60. The average molecular weight is 369 g/mol. The van der Waals surface area contributed by atoms with Gasteiger partial charge in [-0.15, -0.1) is 11.3 Å². The van der Waals surface area contributed by atoms with Crippen LogP contribution in [0.15, 0.2) is 22.2 Å². The lowest BCUT2D eigenvalue weighted by molar-refractivity contribution is 0.0787. The lowest BCUT2D eigenvalue weighted by Gasteiger charge is -2.18. The van der Waals surface area contributed by atoms with Gasteiger partial charge in [-0.3, -0.25) is 4.79 Å². The lowest BCUT2D eigenvalue weighted by Crippen LogP contribution is -2.27. The van der Waals surface area contributed by atoms with Crippen molar-refractivity contribution in [1.82, 2.24) is 14.9 Å². The number of aryl methyl sites for hydroxylation is 1. The van der Waals surface area contributed by atoms with Crippen molar-refractivity contribution in [3.05, 3.63) is 38.4 Å². The third kappa shape index (κ3) is 3.79. The Morgan fingerprint density at radius 2 is 2.24 bits per heavy atom. The van der Waals surface area contributed by atoms with E-state index in [0.717, 1.165) is 15.0 Å². The summed E-state index contributed by atoms with van der Waals surface area (Å²) in [6.45, 7) is 5.19. The van der Waals surface area contributed by atoms with Gasteiger partial charge in [0.25, 0.3) is 5.91 Å². The first-order valence-electron chi connectivity index (χ1n) is 6.56. The minimum Gasteiger partial charge on any atom is -0.370 e. The van der Waals surface area contributed by atoms with Crippen LogP contribution in [0.5, 0.6) is 0 Å². The molecule has 0 spiro atoms. The maximum Gasteiger partial charge on any atom is 0.257 e. The molecule has 0 bridgehead atoms. The molecule has 0 saturated heterocycles. The van der Waals surface area contributed by atoms with Crippen molar-refractivity contribution in [3.63, 3.8) is 0 Å². The maximum absolute atomic E-state index is 12.6. The first-order chi connectivity index (χ1) is 10.0. The number of nitrogens with one attached hydrogen (secondary N) is 1. The Bertz CT molecular complexity index is 644. The van der Waals surface area contributed by atoms with Crippen LogP contribution in [0.25, 0.3) is 0 Å². The Morgan fingerprint density at radius 3 is 2.86 bits per heavy atom. The monoisotopic (exact) mass is 368 g/mol. The molecule has 0 atom stereocenters. The summed E-state index contributed by atoms with van der Waals surface area (Å²) in [6, 6.07) is 1.79. The summed E-state index contributed by atoms with van der Waals surface area (Å²) < 4.78 is 0.787. The molecule has 0 saturated carbocycles. The smallest absolute Gasteiger partial charge is 0.257 e. The number of rotatable bonds is 5. The molecule has 2 rings (SSSR count). The van der Waals surface area contributed by atoms with E-state index in [1.54, 1.807) is 41.1 Å². The van der Waals surface area contributed by atoms with Crippen LogP contribution in [0.1, 0.15) is 27.9 Å². The van der Waals surface area contributed by atoms with E-state index >= 15 is 0 Å². The van der Waals surface area contributed by atoms with Crippen molar-refractivity contribution in [3.8, 4) is 0 Å². The Kier molecular flexibility index (Phi) is 5.30. The highest BCUT2D eigenvalue weighted by molar-refractivity contribution is 9.10. The zero-order valence-corrected chi connectivity index (χ0v) is 14.6. The zero-order chi connectivity index (χ0) is 15.4. The number of carbonyl (C=O) groups is 1. The van der Waals surface area contributed by atoms with Crippen LogP contribution in [0.3, 0.4) is 0 Å². The van der Waals surface area contributed by atoms with Gasteiger partial charge in [0, 0.05) is 29.1 Å². The SMILES string of the molecule is CCNc1ncc(Br)cc1C(=O)N(C)Cc1scnc1C. The van der Waals surface area contributed by atoms with Gasteiger partial charge in [0.2, 0.25) is 0 Å². The van der Waals surface area contributed by atoms with Crippen molar-refractivity contribution in [2.24, 2.45) is 0 Å². The number of nitrogens with zero attached hydrogens (tertiary/aromatic N) is 3. The summed E-state index contributed by atoms with van der Waals surface area (Å²) in [5.41, 5.74) is 3.34. The molecule has 21 heavy (non-hydrogen) atoms. The van der Waals surface area contributed by atoms with Crippen LogP contribution in [0.4, 0.5) is 5.82 Å². The number of thiazole rings is 1. The second-order valence-corrected chi connectivity index (χ2v) is 6.46. The normalized spacial score (nSPS) is 10.5. The van der Waals surface area contributed by atoms with Crippen molar-refractivity contribution in [2.75, 3.05) is 18.9 Å². The molecule has 2 heterocycles. The van der Waals surface area contributed by atoms with Gasteiger partial charge < -0.3 is 10.2 Å². The van der Waals surface area contributed by atoms with E-state index in [2.05, 4.69) is 31.2 Å². The Morgan fingerprint density at radius 1 is 1.48 bits per heavy atom. The second kappa shape index (κ2) is 7.00. The van der Waals surface area contributed by atoms with Crippen molar-refractivity contribution >= 4 is 39.0 Å². The molecule has 5 nitrogen and oxygen atoms in total. The zero-order valence-electron chi connectivity index (χ0n) is 12.2. The summed E-state index contributed by atoms with van der Waals surface area (Å²) in [5.74, 6) is 0.547. The van der Waals surface area contributed by atoms with E-state index in [-0.39, 0.29) is 5.91 Å². The van der Waals surface area contributed by atoms with Crippen LogP contribution >= 0.6 is 27.3 Å². The highest BCUT2D eigenvalue weighted by Gasteiger charge is 2.18. The van der Waals surface area contributed by atoms with Gasteiger partial charge in [-0.05, 0) is 35.8 Å². The van der Waals surface area contributed by atoms with Crippen molar-refractivity contribution < 1.29 is 4.79 Å². The number of aromatic nitrogens is 2. The van der Waals surface area contributed by atoms with Gasteiger partial charge in [0.15, 0.2) is 0 Å². The predicted molar refractivity (Wildman–Crippen MR) is 88.7 cm³/mol. The average Bonchev–Trinajstić information content (AvgIpc) is 2.85. The first kappa shape index (κ1) is 15.9. The summed E-state index contributed by atoms with van der Waals surface area (Å²) in [6.07, 6.45) is 1.68. The highest BCUT2D eigenvalue weighted by atomic mass is 79.9. The van der Waals surface area contributed by atoms with Crippen LogP contribution in [-0.4, -0.2) is 34.4 Å². The quantitative estimate of drug-likeness (QED) is 0.879. The molecule has 0 aromatic carbocycles. The van der Waals surface area contributed by atoms with Gasteiger partial charge in [-0.25, -0.2) is 9.97 Å². The first-order valence-corrected chi connectivity index (χ1v) is 8.24. The molecule has 0 aliphatic carbocycles. The molecule has 2 aromatic rings. The fourth-order valence-electron chi connectivity index (χ4n) is 1.88. The van der Waals surface area contributed by atoms with Crippen LogP contribution in [-0.2, 0) is 6.54 Å². The summed E-state index contributed by atoms with van der Waals surface area (Å²) in [4.78, 5) is 23.9. The van der Waals surface area contributed by atoms with E-state index in [9.17, 15) is 4.79 Å². The van der Waals surface area contributed by atoms with E-state index in [1.807, 2.05) is 13.8 Å². The Hall–Kier alpha value is -1.47. The third-order valence-corrected chi connectivity index (χ3v) is 4.35. The van der Waals surface area contributed by atoms with Crippen LogP contribution in [0.2, 0.25) is 0 Å². The van der Waals surface area contributed by atoms with Gasteiger partial charge >= 0.3 is 0 Å². The molecular weight excluding hydrogens is 352 g/mol. The molecule has 0 unspecified atom stereocenters. The topological polar surface area (TPSA) is 58.1 Å². The molecule has 0 radical (unpaired) electrons. The molecule has 0 fully saturated rings. The molecular formula is C14H17BrN4OS. The third-order valence-electron chi connectivity index (χ3n) is 3.00. The van der Waals surface area contributed by atoms with E-state index < -0.39 is 0 Å². The minimum atomic E-state index is -0.0625.